The van der Waals surface area contributed by atoms with Gasteiger partial charge in [0.2, 0.25) is 0 Å². The molecule has 0 bridgehead atoms. The van der Waals surface area contributed by atoms with Gasteiger partial charge in [-0.2, -0.15) is 0 Å². The summed E-state index contributed by atoms with van der Waals surface area (Å²) in [7, 11) is 0. The molecule has 0 heterocycles. The number of aliphatic hydroxyl groups is 1. The van der Waals surface area contributed by atoms with Gasteiger partial charge < -0.3 is 16.2 Å². The molecule has 17 heavy (non-hydrogen) atoms. The summed E-state index contributed by atoms with van der Waals surface area (Å²) >= 11 is 9.39. The average Bonchev–Trinajstić information content (AvgIpc) is 2.27. The van der Waals surface area contributed by atoms with Gasteiger partial charge in [0.25, 0.3) is 0 Å². The summed E-state index contributed by atoms with van der Waals surface area (Å²) in [6.07, 6.45) is 0.710. The van der Waals surface area contributed by atoms with Crippen LogP contribution in [0.1, 0.15) is 24.9 Å². The molecular weight excluding hydrogens is 304 g/mol. The van der Waals surface area contributed by atoms with Gasteiger partial charge in [0.15, 0.2) is 0 Å². The Morgan fingerprint density at radius 3 is 2.76 bits per heavy atom. The molecule has 0 amide bonds. The minimum atomic E-state index is 0.0585. The second-order valence-electron chi connectivity index (χ2n) is 4.03. The SMILES string of the molecule is CC(CCO)NC(CN)c1ccc(Cl)cc1Br. The van der Waals surface area contributed by atoms with Crippen LogP contribution in [0.25, 0.3) is 0 Å². The van der Waals surface area contributed by atoms with Crippen LogP contribution in [-0.2, 0) is 0 Å². The van der Waals surface area contributed by atoms with Crippen LogP contribution >= 0.6 is 27.5 Å². The molecule has 0 aliphatic carbocycles. The van der Waals surface area contributed by atoms with E-state index in [2.05, 4.69) is 21.2 Å². The number of benzene rings is 1. The van der Waals surface area contributed by atoms with E-state index in [9.17, 15) is 0 Å². The van der Waals surface area contributed by atoms with E-state index < -0.39 is 0 Å². The van der Waals surface area contributed by atoms with Gasteiger partial charge in [0.1, 0.15) is 0 Å². The van der Waals surface area contributed by atoms with Crippen LogP contribution in [0, 0.1) is 0 Å². The summed E-state index contributed by atoms with van der Waals surface area (Å²) < 4.78 is 0.948. The van der Waals surface area contributed by atoms with Gasteiger partial charge in [-0.25, -0.2) is 0 Å². The Morgan fingerprint density at radius 1 is 1.53 bits per heavy atom. The topological polar surface area (TPSA) is 58.3 Å². The lowest BCUT2D eigenvalue weighted by atomic mass is 10.1. The predicted octanol–water partition coefficient (Wildman–Crippen LogP) is 2.46. The van der Waals surface area contributed by atoms with Crippen LogP contribution in [-0.4, -0.2) is 24.3 Å². The lowest BCUT2D eigenvalue weighted by molar-refractivity contribution is 0.263. The molecule has 0 radical (unpaired) electrons. The molecular formula is C12H18BrClN2O. The van der Waals surface area contributed by atoms with Crippen molar-refractivity contribution in [2.24, 2.45) is 5.73 Å². The van der Waals surface area contributed by atoms with Gasteiger partial charge in [0, 0.05) is 34.7 Å². The number of rotatable bonds is 6. The average molecular weight is 322 g/mol. The molecule has 0 saturated heterocycles. The standard InChI is InChI=1S/C12H18BrClN2O/c1-8(4-5-17)16-12(7-15)10-3-2-9(14)6-11(10)13/h2-3,6,8,12,16-17H,4-5,7,15H2,1H3. The molecule has 0 spiro atoms. The van der Waals surface area contributed by atoms with Crippen molar-refractivity contribution < 1.29 is 5.11 Å². The zero-order valence-corrected chi connectivity index (χ0v) is 12.1. The predicted molar refractivity (Wildman–Crippen MR) is 75.2 cm³/mol. The summed E-state index contributed by atoms with van der Waals surface area (Å²) in [5.41, 5.74) is 6.86. The van der Waals surface area contributed by atoms with Crippen LogP contribution in [0.4, 0.5) is 0 Å². The fourth-order valence-corrected chi connectivity index (χ4v) is 2.65. The maximum Gasteiger partial charge on any atom is 0.0457 e. The number of hydrogen-bond acceptors (Lipinski definition) is 3. The van der Waals surface area contributed by atoms with Crippen LogP contribution in [0.5, 0.6) is 0 Å². The molecule has 3 nitrogen and oxygen atoms in total. The lowest BCUT2D eigenvalue weighted by Crippen LogP contribution is -2.35. The highest BCUT2D eigenvalue weighted by atomic mass is 79.9. The van der Waals surface area contributed by atoms with E-state index in [0.717, 1.165) is 10.0 Å². The van der Waals surface area contributed by atoms with Crippen LogP contribution in [0.2, 0.25) is 5.02 Å². The minimum absolute atomic E-state index is 0.0585. The van der Waals surface area contributed by atoms with Gasteiger partial charge in [-0.3, -0.25) is 0 Å². The molecule has 2 unspecified atom stereocenters. The van der Waals surface area contributed by atoms with Crippen molar-refractivity contribution in [2.45, 2.75) is 25.4 Å². The van der Waals surface area contributed by atoms with E-state index in [1.54, 1.807) is 0 Å². The Labute approximate surface area is 115 Å². The quantitative estimate of drug-likeness (QED) is 0.754. The Kier molecular flexibility index (Phi) is 6.44. The van der Waals surface area contributed by atoms with E-state index in [1.807, 2.05) is 25.1 Å². The first kappa shape index (κ1) is 14.9. The Hall–Kier alpha value is -0.130. The van der Waals surface area contributed by atoms with E-state index in [-0.39, 0.29) is 18.7 Å². The van der Waals surface area contributed by atoms with Crippen molar-refractivity contribution >= 4 is 27.5 Å². The molecule has 5 heteroatoms. The summed E-state index contributed by atoms with van der Waals surface area (Å²) in [5, 5.41) is 13.0. The molecule has 0 aliphatic rings. The monoisotopic (exact) mass is 320 g/mol. The van der Waals surface area contributed by atoms with E-state index >= 15 is 0 Å². The largest absolute Gasteiger partial charge is 0.396 e. The molecule has 1 aromatic rings. The smallest absolute Gasteiger partial charge is 0.0457 e. The summed E-state index contributed by atoms with van der Waals surface area (Å²) in [6.45, 7) is 2.70. The van der Waals surface area contributed by atoms with Gasteiger partial charge in [-0.05, 0) is 31.0 Å². The number of halogens is 2. The maximum absolute atomic E-state index is 8.89. The second kappa shape index (κ2) is 7.34. The van der Waals surface area contributed by atoms with Gasteiger partial charge >= 0.3 is 0 Å². The summed E-state index contributed by atoms with van der Waals surface area (Å²) in [5.74, 6) is 0. The fourth-order valence-electron chi connectivity index (χ4n) is 1.69. The van der Waals surface area contributed by atoms with Crippen molar-refractivity contribution in [3.63, 3.8) is 0 Å². The number of nitrogens with two attached hydrogens (primary N) is 1. The number of hydrogen-bond donors (Lipinski definition) is 3. The van der Waals surface area contributed by atoms with E-state index in [1.165, 1.54) is 0 Å². The zero-order chi connectivity index (χ0) is 12.8. The Bertz CT molecular complexity index is 362. The van der Waals surface area contributed by atoms with Crippen molar-refractivity contribution in [3.8, 4) is 0 Å². The molecule has 0 fully saturated rings. The van der Waals surface area contributed by atoms with Crippen LogP contribution < -0.4 is 11.1 Å². The van der Waals surface area contributed by atoms with Crippen molar-refractivity contribution in [1.82, 2.24) is 5.32 Å². The maximum atomic E-state index is 8.89. The Balaban J connectivity index is 2.79. The first-order chi connectivity index (χ1) is 8.08. The van der Waals surface area contributed by atoms with Gasteiger partial charge in [-0.1, -0.05) is 33.6 Å². The highest BCUT2D eigenvalue weighted by Crippen LogP contribution is 2.26. The zero-order valence-electron chi connectivity index (χ0n) is 9.79. The lowest BCUT2D eigenvalue weighted by Gasteiger charge is -2.23. The Morgan fingerprint density at radius 2 is 2.24 bits per heavy atom. The van der Waals surface area contributed by atoms with Crippen molar-refractivity contribution in [2.75, 3.05) is 13.2 Å². The normalized spacial score (nSPS) is 14.6. The van der Waals surface area contributed by atoms with E-state index in [4.69, 9.17) is 22.4 Å². The third-order valence-corrected chi connectivity index (χ3v) is 3.54. The van der Waals surface area contributed by atoms with Crippen molar-refractivity contribution in [1.29, 1.82) is 0 Å². The number of nitrogens with one attached hydrogen (secondary N) is 1. The molecule has 0 aromatic heterocycles. The molecule has 0 saturated carbocycles. The van der Waals surface area contributed by atoms with Crippen molar-refractivity contribution in [3.05, 3.63) is 33.3 Å². The highest BCUT2D eigenvalue weighted by Gasteiger charge is 2.15. The molecule has 0 aliphatic heterocycles. The molecule has 96 valence electrons. The van der Waals surface area contributed by atoms with Gasteiger partial charge in [-0.15, -0.1) is 0 Å². The minimum Gasteiger partial charge on any atom is -0.396 e. The molecule has 2 atom stereocenters. The number of aliphatic hydroxyl groups excluding tert-OH is 1. The first-order valence-corrected chi connectivity index (χ1v) is 6.77. The summed E-state index contributed by atoms with van der Waals surface area (Å²) in [4.78, 5) is 0. The highest BCUT2D eigenvalue weighted by molar-refractivity contribution is 9.10. The second-order valence-corrected chi connectivity index (χ2v) is 5.32. The van der Waals surface area contributed by atoms with Gasteiger partial charge in [0.05, 0.1) is 0 Å². The fraction of sp³-hybridized carbons (Fsp3) is 0.500. The van der Waals surface area contributed by atoms with Crippen LogP contribution in [0.15, 0.2) is 22.7 Å². The summed E-state index contributed by atoms with van der Waals surface area (Å²) in [6, 6.07) is 5.95. The third-order valence-electron chi connectivity index (χ3n) is 2.62. The third kappa shape index (κ3) is 4.56. The molecule has 4 N–H and O–H groups in total. The molecule has 1 aromatic carbocycles. The first-order valence-electron chi connectivity index (χ1n) is 5.60. The van der Waals surface area contributed by atoms with Crippen LogP contribution in [0.3, 0.4) is 0 Å². The van der Waals surface area contributed by atoms with E-state index in [0.29, 0.717) is 18.0 Å². The molecule has 1 rings (SSSR count).